The first-order valence-corrected chi connectivity index (χ1v) is 4.98. The van der Waals surface area contributed by atoms with E-state index in [0.717, 1.165) is 12.8 Å². The summed E-state index contributed by atoms with van der Waals surface area (Å²) in [5.74, 6) is 0. The fourth-order valence-corrected chi connectivity index (χ4v) is 0.144. The fourth-order valence-electron chi connectivity index (χ4n) is 0.144. The zero-order valence-electron chi connectivity index (χ0n) is 11.3. The maximum Gasteiger partial charge on any atom is 2.00 e. The molecule has 0 unspecified atom stereocenters. The van der Waals surface area contributed by atoms with Gasteiger partial charge in [-0.05, 0) is 0 Å². The van der Waals surface area contributed by atoms with Gasteiger partial charge in [0.05, 0.1) is 0 Å². The molecule has 4 nitrogen and oxygen atoms in total. The molecule has 0 aromatic heterocycles. The van der Waals surface area contributed by atoms with E-state index in [1.54, 1.807) is 20.8 Å². The van der Waals surface area contributed by atoms with Crippen molar-refractivity contribution in [2.45, 2.75) is 40.5 Å². The van der Waals surface area contributed by atoms with Crippen LogP contribution in [0.5, 0.6) is 0 Å². The summed E-state index contributed by atoms with van der Waals surface area (Å²) in [4.78, 5) is 0. The monoisotopic (exact) mass is 256 g/mol. The zero-order valence-corrected chi connectivity index (χ0v) is 14.1. The van der Waals surface area contributed by atoms with Gasteiger partial charge in [-0.1, -0.05) is 40.5 Å². The van der Waals surface area contributed by atoms with E-state index in [1.165, 1.54) is 0 Å². The Labute approximate surface area is 133 Å². The van der Waals surface area contributed by atoms with Crippen molar-refractivity contribution in [3.63, 3.8) is 0 Å². The molecule has 0 heterocycles. The molecule has 0 fully saturated rings. The van der Waals surface area contributed by atoms with Gasteiger partial charge in [0.1, 0.15) is 0 Å². The van der Waals surface area contributed by atoms with E-state index in [2.05, 4.69) is 0 Å². The van der Waals surface area contributed by atoms with Crippen LogP contribution in [0.2, 0.25) is 0 Å². The van der Waals surface area contributed by atoms with Crippen LogP contribution in [-0.4, -0.2) is 72.5 Å². The van der Waals surface area contributed by atoms with Gasteiger partial charge in [0.15, 0.2) is 0 Å². The van der Waals surface area contributed by atoms with Crippen molar-refractivity contribution >= 4 is 46.1 Å². The van der Waals surface area contributed by atoms with E-state index in [-0.39, 0.29) is 72.5 Å². The van der Waals surface area contributed by atoms with Gasteiger partial charge in [-0.2, -0.15) is 0 Å². The Kier molecular flexibility index (Phi) is 160. The van der Waals surface area contributed by atoms with Gasteiger partial charge in [-0.3, -0.25) is 0 Å². The van der Waals surface area contributed by atoms with Crippen molar-refractivity contribution < 1.29 is 20.4 Å². The zero-order chi connectivity index (χ0) is 12.2. The van der Waals surface area contributed by atoms with E-state index in [9.17, 15) is 5.11 Å². The second-order valence-electron chi connectivity index (χ2n) is 1.92. The molecular formula is C10H24Mg2O4. The number of rotatable bonds is 2. The molecular weight excluding hydrogens is 233 g/mol. The van der Waals surface area contributed by atoms with Crippen LogP contribution in [0.4, 0.5) is 0 Å². The van der Waals surface area contributed by atoms with Crippen LogP contribution in [0, 0.1) is 0 Å². The van der Waals surface area contributed by atoms with Crippen LogP contribution in [0.25, 0.3) is 0 Å². The molecule has 0 aromatic rings. The minimum Gasteiger partial charge on any atom is -0.855 e. The molecule has 0 saturated carbocycles. The Bertz CT molecular complexity index is 45.0. The molecule has 92 valence electrons. The largest absolute Gasteiger partial charge is 2.00 e. The first kappa shape index (κ1) is 36.0. The van der Waals surface area contributed by atoms with Crippen molar-refractivity contribution in [3.8, 4) is 0 Å². The second kappa shape index (κ2) is 71.2. The molecule has 0 aliphatic carbocycles. The topological polar surface area (TPSA) is 92.2 Å². The maximum atomic E-state index is 9.53. The number of hydrogen-bond acceptors (Lipinski definition) is 4. The molecule has 16 heavy (non-hydrogen) atoms. The standard InChI is InChI=1S/C4H9O.3C2H5O.2Mg/c1-2-3-4-5;3*1-2-3;;/h2-4H2,1H3;3*2H2,1H3;;/q4*-1;2*+2. The van der Waals surface area contributed by atoms with Gasteiger partial charge in [-0.15, -0.1) is 26.4 Å². The summed E-state index contributed by atoms with van der Waals surface area (Å²) < 4.78 is 0. The van der Waals surface area contributed by atoms with Gasteiger partial charge < -0.3 is 20.4 Å². The predicted molar refractivity (Wildman–Crippen MR) is 62.9 cm³/mol. The van der Waals surface area contributed by atoms with Crippen LogP contribution >= 0.6 is 0 Å². The number of unbranched alkanes of at least 4 members (excludes halogenated alkanes) is 1. The van der Waals surface area contributed by atoms with E-state index in [0.29, 0.717) is 0 Å². The maximum absolute atomic E-state index is 9.53. The Morgan fingerprint density at radius 1 is 0.625 bits per heavy atom. The Morgan fingerprint density at radius 3 is 0.812 bits per heavy atom. The summed E-state index contributed by atoms with van der Waals surface area (Å²) in [5.41, 5.74) is 0. The molecule has 0 spiro atoms. The van der Waals surface area contributed by atoms with Crippen LogP contribution in [0.15, 0.2) is 0 Å². The summed E-state index contributed by atoms with van der Waals surface area (Å²) >= 11 is 0. The first-order chi connectivity index (χ1) is 6.66. The molecule has 0 aromatic carbocycles. The minimum absolute atomic E-state index is 0. The molecule has 0 bridgehead atoms. The van der Waals surface area contributed by atoms with Gasteiger partial charge in [0.25, 0.3) is 0 Å². The van der Waals surface area contributed by atoms with Gasteiger partial charge in [0, 0.05) is 0 Å². The molecule has 0 aliphatic rings. The smallest absolute Gasteiger partial charge is 0.855 e. The Morgan fingerprint density at radius 2 is 0.812 bits per heavy atom. The van der Waals surface area contributed by atoms with E-state index in [1.807, 2.05) is 6.92 Å². The third kappa shape index (κ3) is 279. The Hall–Kier alpha value is 1.37. The fraction of sp³-hybridized carbons (Fsp3) is 1.00. The van der Waals surface area contributed by atoms with Crippen molar-refractivity contribution in [2.24, 2.45) is 0 Å². The van der Waals surface area contributed by atoms with Crippen molar-refractivity contribution in [2.75, 3.05) is 26.4 Å². The third-order valence-electron chi connectivity index (χ3n) is 0.498. The molecule has 6 heteroatoms. The quantitative estimate of drug-likeness (QED) is 0.510. The van der Waals surface area contributed by atoms with Crippen LogP contribution in [0.1, 0.15) is 40.5 Å². The second-order valence-corrected chi connectivity index (χ2v) is 1.92. The summed E-state index contributed by atoms with van der Waals surface area (Å²) in [7, 11) is 0. The molecule has 0 atom stereocenters. The van der Waals surface area contributed by atoms with Gasteiger partial charge in [-0.25, -0.2) is 0 Å². The first-order valence-electron chi connectivity index (χ1n) is 4.98. The van der Waals surface area contributed by atoms with Gasteiger partial charge >= 0.3 is 46.1 Å². The van der Waals surface area contributed by atoms with Crippen molar-refractivity contribution in [1.29, 1.82) is 0 Å². The van der Waals surface area contributed by atoms with E-state index in [4.69, 9.17) is 15.3 Å². The summed E-state index contributed by atoms with van der Waals surface area (Å²) in [6.45, 7) is 6.81. The molecule has 0 saturated heterocycles. The van der Waals surface area contributed by atoms with Crippen LogP contribution in [0.3, 0.4) is 0 Å². The average molecular weight is 257 g/mol. The third-order valence-corrected chi connectivity index (χ3v) is 0.498. The predicted octanol–water partition coefficient (Wildman–Crippen LogP) is -2.51. The van der Waals surface area contributed by atoms with Crippen molar-refractivity contribution in [1.82, 2.24) is 0 Å². The van der Waals surface area contributed by atoms with Crippen LogP contribution < -0.4 is 20.4 Å². The van der Waals surface area contributed by atoms with E-state index < -0.39 is 0 Å². The average Bonchev–Trinajstić information content (AvgIpc) is 2.09. The molecule has 0 rings (SSSR count). The number of hydrogen-bond donors (Lipinski definition) is 0. The van der Waals surface area contributed by atoms with Crippen LogP contribution in [-0.2, 0) is 0 Å². The van der Waals surface area contributed by atoms with Gasteiger partial charge in [0.2, 0.25) is 0 Å². The Balaban J connectivity index is -0.0000000206. The summed E-state index contributed by atoms with van der Waals surface area (Å²) in [6.07, 6.45) is 1.86. The SMILES string of the molecule is CCCC[O-].CC[O-].CC[O-].CC[O-].[Mg+2].[Mg+2]. The molecule has 0 aliphatic heterocycles. The molecule has 0 N–H and O–H groups in total. The summed E-state index contributed by atoms with van der Waals surface area (Å²) in [6, 6.07) is 0. The van der Waals surface area contributed by atoms with E-state index >= 15 is 0 Å². The summed E-state index contributed by atoms with van der Waals surface area (Å²) in [5, 5.41) is 36.3. The van der Waals surface area contributed by atoms with Crippen molar-refractivity contribution in [3.05, 3.63) is 0 Å². The normalized spacial score (nSPS) is 6.00. The molecule has 0 amide bonds. The minimum atomic E-state index is 0. The molecule has 0 radical (unpaired) electrons.